The van der Waals surface area contributed by atoms with Crippen LogP contribution in [0.1, 0.15) is 19.3 Å². The number of nitrogens with zero attached hydrogens (tertiary/aromatic N) is 4. The third kappa shape index (κ3) is 10.1. The summed E-state index contributed by atoms with van der Waals surface area (Å²) in [5.41, 5.74) is 1.52. The molecule has 2 heterocycles. The third-order valence-electron chi connectivity index (χ3n) is 4.61. The van der Waals surface area contributed by atoms with Gasteiger partial charge in [-0.15, -0.1) is 0 Å². The van der Waals surface area contributed by atoms with Gasteiger partial charge in [-0.1, -0.05) is 0 Å². The predicted molar refractivity (Wildman–Crippen MR) is 109 cm³/mol. The number of imidazole rings is 1. The quantitative estimate of drug-likeness (QED) is 0.150. The monoisotopic (exact) mass is 410 g/mol. The van der Waals surface area contributed by atoms with E-state index >= 15 is 0 Å². The van der Waals surface area contributed by atoms with Crippen molar-refractivity contribution in [2.24, 2.45) is 0 Å². The zero-order valence-electron chi connectivity index (χ0n) is 16.8. The van der Waals surface area contributed by atoms with Gasteiger partial charge in [0.05, 0.1) is 13.2 Å². The Labute approximate surface area is 171 Å². The van der Waals surface area contributed by atoms with Crippen LogP contribution in [0.4, 0.5) is 5.95 Å². The molecule has 0 spiro atoms. The molecule has 0 radical (unpaired) electrons. The number of rotatable bonds is 18. The normalized spacial score (nSPS) is 14.0. The van der Waals surface area contributed by atoms with Gasteiger partial charge in [0.1, 0.15) is 0 Å². The van der Waals surface area contributed by atoms with Crippen LogP contribution >= 0.6 is 0 Å². The van der Waals surface area contributed by atoms with Crippen molar-refractivity contribution in [2.75, 3.05) is 52.7 Å². The van der Waals surface area contributed by atoms with Gasteiger partial charge in [-0.3, -0.25) is 0 Å². The van der Waals surface area contributed by atoms with Crippen molar-refractivity contribution >= 4 is 18.3 Å². The molecule has 0 bridgehead atoms. The van der Waals surface area contributed by atoms with Crippen LogP contribution in [0.3, 0.4) is 0 Å². The van der Waals surface area contributed by atoms with Gasteiger partial charge >= 0.3 is 142 Å². The minimum atomic E-state index is -0.748. The van der Waals surface area contributed by atoms with Gasteiger partial charge < -0.3 is 15.2 Å². The van der Waals surface area contributed by atoms with E-state index in [2.05, 4.69) is 16.8 Å². The average Bonchev–Trinajstić information content (AvgIpc) is 3.40. The van der Waals surface area contributed by atoms with Crippen molar-refractivity contribution in [3.63, 3.8) is 0 Å². The fraction of sp³-hybridized carbons (Fsp3) is 0.778. The Kier molecular flexibility index (Phi) is 11.0. The molecule has 1 unspecified atom stereocenters. The van der Waals surface area contributed by atoms with E-state index in [4.69, 9.17) is 14.6 Å². The van der Waals surface area contributed by atoms with Crippen LogP contribution in [0.15, 0.2) is 12.4 Å². The summed E-state index contributed by atoms with van der Waals surface area (Å²) in [5, 5.41) is 30.1. The number of nitro groups is 1. The second-order valence-electron chi connectivity index (χ2n) is 7.06. The van der Waals surface area contributed by atoms with Crippen LogP contribution in [-0.2, 0) is 16.0 Å². The smallest absolute Gasteiger partial charge is 0.394 e. The molecule has 2 N–H and O–H groups in total. The standard InChI is InChI=1S/C18H31BN4O6/c24-8-10-29-12-11-28-9-7-21(5-2-1-3-16-13-19-16)14-17(25)15-22-6-4-20-18(22)23(26)27/h4,6,17,24-25H,1-3,5,7-15H2. The number of aromatic nitrogens is 2. The summed E-state index contributed by atoms with van der Waals surface area (Å²) in [6.07, 6.45) is 6.54. The molecule has 1 atom stereocenters. The molecule has 11 heteroatoms. The van der Waals surface area contributed by atoms with Crippen molar-refractivity contribution < 1.29 is 24.6 Å². The Morgan fingerprint density at radius 3 is 2.72 bits per heavy atom. The first-order valence-corrected chi connectivity index (χ1v) is 10.1. The fourth-order valence-corrected chi connectivity index (χ4v) is 3.04. The molecular weight excluding hydrogens is 379 g/mol. The van der Waals surface area contributed by atoms with Crippen molar-refractivity contribution in [3.05, 3.63) is 22.5 Å². The summed E-state index contributed by atoms with van der Waals surface area (Å²) in [4.78, 5) is 16.3. The van der Waals surface area contributed by atoms with Crippen molar-refractivity contribution in [1.82, 2.24) is 14.5 Å². The van der Waals surface area contributed by atoms with Gasteiger partial charge in [0.15, 0.2) is 0 Å². The number of unbranched alkanes of at least 4 members (excludes halogenated alkanes) is 1. The summed E-state index contributed by atoms with van der Waals surface area (Å²) >= 11 is 0. The van der Waals surface area contributed by atoms with Crippen LogP contribution in [0.25, 0.3) is 0 Å². The topological polar surface area (TPSA) is 123 Å². The molecule has 1 aliphatic rings. The van der Waals surface area contributed by atoms with E-state index in [1.807, 2.05) is 0 Å². The van der Waals surface area contributed by atoms with Crippen molar-refractivity contribution in [1.29, 1.82) is 0 Å². The Bertz CT molecular complexity index is 642. The van der Waals surface area contributed by atoms with Crippen LogP contribution in [0.5, 0.6) is 0 Å². The Balaban J connectivity index is 1.73. The molecule has 0 aromatic carbocycles. The van der Waals surface area contributed by atoms with Crippen molar-refractivity contribution in [3.8, 4) is 0 Å². The van der Waals surface area contributed by atoms with E-state index < -0.39 is 11.0 Å². The van der Waals surface area contributed by atoms with Gasteiger partial charge in [-0.2, -0.15) is 0 Å². The Hall–Kier alpha value is -1.66. The van der Waals surface area contributed by atoms with Crippen LogP contribution in [0.2, 0.25) is 6.32 Å². The van der Waals surface area contributed by atoms with E-state index in [-0.39, 0.29) is 19.1 Å². The summed E-state index contributed by atoms with van der Waals surface area (Å²) < 4.78 is 12.1. The van der Waals surface area contributed by atoms with Crippen LogP contribution in [0, 0.1) is 10.1 Å². The summed E-state index contributed by atoms with van der Waals surface area (Å²) in [5.74, 6) is -0.264. The maximum absolute atomic E-state index is 11.0. The predicted octanol–water partition coefficient (Wildman–Crippen LogP) is -0.0415. The zero-order valence-corrected chi connectivity index (χ0v) is 16.8. The molecule has 29 heavy (non-hydrogen) atoms. The molecule has 1 aromatic heterocycles. The number of hydrogen-bond acceptors (Lipinski definition) is 8. The third-order valence-corrected chi connectivity index (χ3v) is 4.61. The number of aliphatic hydroxyl groups excluding tert-OH is 2. The summed E-state index contributed by atoms with van der Waals surface area (Å²) in [7, 11) is 0. The van der Waals surface area contributed by atoms with Crippen molar-refractivity contribution in [2.45, 2.75) is 38.2 Å². The molecular formula is C18H31BN4O6. The van der Waals surface area contributed by atoms with Gasteiger partial charge in [0.2, 0.25) is 0 Å². The zero-order chi connectivity index (χ0) is 20.9. The van der Waals surface area contributed by atoms with Gasteiger partial charge in [0.25, 0.3) is 0 Å². The van der Waals surface area contributed by atoms with E-state index in [0.717, 1.165) is 32.1 Å². The molecule has 0 aliphatic carbocycles. The summed E-state index contributed by atoms with van der Waals surface area (Å²) in [6.45, 7) is 5.95. The van der Waals surface area contributed by atoms with Gasteiger partial charge in [0, 0.05) is 0 Å². The maximum atomic E-state index is 11.0. The van der Waals surface area contributed by atoms with Crippen LogP contribution in [-0.4, -0.2) is 101 Å². The molecule has 0 saturated heterocycles. The number of hydrogen-bond donors (Lipinski definition) is 2. The first-order chi connectivity index (χ1) is 14.1. The van der Waals surface area contributed by atoms with Crippen LogP contribution < -0.4 is 0 Å². The Morgan fingerprint density at radius 1 is 1.28 bits per heavy atom. The number of aliphatic hydroxyl groups is 2. The van der Waals surface area contributed by atoms with E-state index in [1.54, 1.807) is 0 Å². The molecule has 2 rings (SSSR count). The molecule has 162 valence electrons. The molecule has 0 amide bonds. The van der Waals surface area contributed by atoms with Gasteiger partial charge in [-0.05, 0) is 0 Å². The first kappa shape index (κ1) is 23.6. The van der Waals surface area contributed by atoms with Gasteiger partial charge in [-0.25, -0.2) is 0 Å². The molecule has 1 aromatic rings. The second kappa shape index (κ2) is 13.5. The van der Waals surface area contributed by atoms with E-state index in [9.17, 15) is 15.2 Å². The van der Waals surface area contributed by atoms with E-state index in [1.165, 1.54) is 22.4 Å². The molecule has 1 aliphatic heterocycles. The SMILES string of the molecule is O=[N+]([O-])c1nccn1CC(O)CN(CCCCC1=BC1)CCOCCOCCO. The number of ether oxygens (including phenoxy) is 2. The molecule has 0 fully saturated rings. The second-order valence-corrected chi connectivity index (χ2v) is 7.06. The minimum absolute atomic E-state index is 0.00234. The average molecular weight is 410 g/mol. The summed E-state index contributed by atoms with van der Waals surface area (Å²) in [6, 6.07) is 0. The first-order valence-electron chi connectivity index (χ1n) is 10.1. The Morgan fingerprint density at radius 2 is 2.03 bits per heavy atom. The van der Waals surface area contributed by atoms with E-state index in [0.29, 0.717) is 39.5 Å². The molecule has 0 saturated carbocycles. The molecule has 10 nitrogen and oxygen atoms in total. The minimum Gasteiger partial charge on any atom is -0.394 e. The fourth-order valence-electron chi connectivity index (χ4n) is 3.04.